The number of halogens is 2. The van der Waals surface area contributed by atoms with Gasteiger partial charge in [0, 0.05) is 19.4 Å². The van der Waals surface area contributed by atoms with Crippen molar-refractivity contribution < 1.29 is 4.79 Å². The fourth-order valence-electron chi connectivity index (χ4n) is 1.89. The van der Waals surface area contributed by atoms with Crippen molar-refractivity contribution in [2.24, 2.45) is 0 Å². The molecule has 0 aromatic heterocycles. The topological polar surface area (TPSA) is 17.1 Å². The molecule has 0 saturated heterocycles. The molecule has 19 heavy (non-hydrogen) atoms. The lowest BCUT2D eigenvalue weighted by Crippen LogP contribution is -1.93. The van der Waals surface area contributed by atoms with Gasteiger partial charge >= 0.3 is 0 Å². The third-order valence-corrected chi connectivity index (χ3v) is 5.43. The summed E-state index contributed by atoms with van der Waals surface area (Å²) in [6, 6.07) is 13.6. The molecule has 0 bridgehead atoms. The van der Waals surface area contributed by atoms with Crippen LogP contribution in [-0.2, 0) is 0 Å². The van der Waals surface area contributed by atoms with Crippen LogP contribution in [0.5, 0.6) is 0 Å². The minimum atomic E-state index is 0.101. The van der Waals surface area contributed by atoms with Gasteiger partial charge in [0.25, 0.3) is 0 Å². The van der Waals surface area contributed by atoms with Crippen molar-refractivity contribution in [3.63, 3.8) is 0 Å². The van der Waals surface area contributed by atoms with Crippen LogP contribution in [0.1, 0.15) is 15.9 Å². The van der Waals surface area contributed by atoms with Gasteiger partial charge in [-0.2, -0.15) is 0 Å². The first kappa shape index (κ1) is 13.2. The number of fused-ring (bicyclic) bond motifs is 1. The number of carbonyl (C=O) groups is 1. The van der Waals surface area contributed by atoms with Crippen molar-refractivity contribution in [1.82, 2.24) is 0 Å². The Balaban J connectivity index is 2.00. The summed E-state index contributed by atoms with van der Waals surface area (Å²) in [4.78, 5) is 14.1. The molecule has 94 valence electrons. The zero-order valence-electron chi connectivity index (χ0n) is 9.69. The van der Waals surface area contributed by atoms with Crippen LogP contribution >= 0.6 is 43.6 Å². The molecule has 0 spiro atoms. The van der Waals surface area contributed by atoms with Gasteiger partial charge in [0.2, 0.25) is 5.78 Å². The van der Waals surface area contributed by atoms with Gasteiger partial charge in [-0.15, -0.1) is 0 Å². The Morgan fingerprint density at radius 2 is 1.74 bits per heavy atom. The normalized spacial score (nSPS) is 15.9. The first-order valence-electron chi connectivity index (χ1n) is 5.63. The van der Waals surface area contributed by atoms with Gasteiger partial charge in [-0.1, -0.05) is 45.9 Å². The maximum atomic E-state index is 12.3. The molecule has 0 saturated carbocycles. The average molecular weight is 396 g/mol. The minimum absolute atomic E-state index is 0.101. The molecular weight excluding hydrogens is 388 g/mol. The second-order valence-electron chi connectivity index (χ2n) is 4.11. The molecule has 0 radical (unpaired) electrons. The Hall–Kier alpha value is -0.840. The van der Waals surface area contributed by atoms with Gasteiger partial charge in [0.1, 0.15) is 0 Å². The fraction of sp³-hybridized carbons (Fsp3) is 0. The van der Waals surface area contributed by atoms with Crippen LogP contribution in [0.3, 0.4) is 0 Å². The number of thioether (sulfide) groups is 1. The number of carbonyl (C=O) groups excluding carboxylic acids is 1. The maximum absolute atomic E-state index is 12.3. The van der Waals surface area contributed by atoms with Gasteiger partial charge in [0.05, 0.1) is 4.91 Å². The zero-order valence-corrected chi connectivity index (χ0v) is 13.7. The summed E-state index contributed by atoms with van der Waals surface area (Å²) in [7, 11) is 0. The van der Waals surface area contributed by atoms with E-state index >= 15 is 0 Å². The van der Waals surface area contributed by atoms with E-state index in [0.29, 0.717) is 0 Å². The number of allylic oxidation sites excluding steroid dienone is 1. The SMILES string of the molecule is O=C1/C(=C/c2ccc(Br)cc2)Sc2c(Br)cccc21. The molecule has 2 aromatic carbocycles. The fourth-order valence-corrected chi connectivity index (χ4v) is 3.81. The number of hydrogen-bond donors (Lipinski definition) is 0. The smallest absolute Gasteiger partial charge is 0.200 e. The Labute approximate surface area is 132 Å². The highest BCUT2D eigenvalue weighted by Crippen LogP contribution is 2.44. The molecule has 3 rings (SSSR count). The van der Waals surface area contributed by atoms with E-state index in [9.17, 15) is 4.79 Å². The third-order valence-electron chi connectivity index (χ3n) is 2.82. The lowest BCUT2D eigenvalue weighted by Gasteiger charge is -1.97. The van der Waals surface area contributed by atoms with Gasteiger partial charge in [0.15, 0.2) is 0 Å². The third kappa shape index (κ3) is 2.57. The maximum Gasteiger partial charge on any atom is 0.200 e. The van der Waals surface area contributed by atoms with Crippen molar-refractivity contribution in [1.29, 1.82) is 0 Å². The Morgan fingerprint density at radius 1 is 1.00 bits per heavy atom. The monoisotopic (exact) mass is 394 g/mol. The highest BCUT2D eigenvalue weighted by Gasteiger charge is 2.27. The van der Waals surface area contributed by atoms with E-state index in [4.69, 9.17) is 0 Å². The number of hydrogen-bond acceptors (Lipinski definition) is 2. The van der Waals surface area contributed by atoms with E-state index in [1.807, 2.05) is 48.5 Å². The van der Waals surface area contributed by atoms with Gasteiger partial charge in [-0.05, 0) is 51.8 Å². The molecular formula is C15H8Br2OS. The van der Waals surface area contributed by atoms with Crippen molar-refractivity contribution in [3.05, 3.63) is 67.4 Å². The van der Waals surface area contributed by atoms with Crippen molar-refractivity contribution in [2.75, 3.05) is 0 Å². The lowest BCUT2D eigenvalue weighted by molar-refractivity contribution is 0.104. The molecule has 0 amide bonds. The van der Waals surface area contributed by atoms with Gasteiger partial charge < -0.3 is 0 Å². The summed E-state index contributed by atoms with van der Waals surface area (Å²) >= 11 is 8.42. The summed E-state index contributed by atoms with van der Waals surface area (Å²) < 4.78 is 2.01. The second kappa shape index (κ2) is 5.27. The molecule has 0 atom stereocenters. The van der Waals surface area contributed by atoms with Crippen LogP contribution in [0.2, 0.25) is 0 Å². The molecule has 0 aliphatic carbocycles. The largest absolute Gasteiger partial charge is 0.288 e. The summed E-state index contributed by atoms with van der Waals surface area (Å²) in [5, 5.41) is 0. The molecule has 4 heteroatoms. The first-order valence-corrected chi connectivity index (χ1v) is 8.04. The molecule has 0 N–H and O–H groups in total. The number of benzene rings is 2. The van der Waals surface area contributed by atoms with E-state index in [-0.39, 0.29) is 5.78 Å². The molecule has 1 heterocycles. The van der Waals surface area contributed by atoms with Crippen LogP contribution in [0.15, 0.2) is 61.2 Å². The molecule has 0 fully saturated rings. The van der Waals surface area contributed by atoms with E-state index < -0.39 is 0 Å². The molecule has 1 aliphatic heterocycles. The molecule has 1 nitrogen and oxygen atoms in total. The predicted molar refractivity (Wildman–Crippen MR) is 86.4 cm³/mol. The zero-order chi connectivity index (χ0) is 13.4. The van der Waals surface area contributed by atoms with Crippen LogP contribution in [0.25, 0.3) is 6.08 Å². The first-order chi connectivity index (χ1) is 9.15. The summed E-state index contributed by atoms with van der Waals surface area (Å²) in [6.07, 6.45) is 1.94. The minimum Gasteiger partial charge on any atom is -0.288 e. The van der Waals surface area contributed by atoms with E-state index in [1.54, 1.807) is 0 Å². The molecule has 2 aromatic rings. The Bertz CT molecular complexity index is 690. The highest BCUT2D eigenvalue weighted by atomic mass is 79.9. The van der Waals surface area contributed by atoms with Gasteiger partial charge in [-0.3, -0.25) is 4.79 Å². The lowest BCUT2D eigenvalue weighted by atomic mass is 10.1. The quantitative estimate of drug-likeness (QED) is 0.589. The van der Waals surface area contributed by atoms with Crippen LogP contribution in [0, 0.1) is 0 Å². The summed E-state index contributed by atoms with van der Waals surface area (Å²) in [5.74, 6) is 0.101. The summed E-state index contributed by atoms with van der Waals surface area (Å²) in [5.41, 5.74) is 1.81. The van der Waals surface area contributed by atoms with Crippen LogP contribution in [0.4, 0.5) is 0 Å². The standard InChI is InChI=1S/C15H8Br2OS/c16-10-6-4-9(5-7-10)8-13-14(18)11-2-1-3-12(17)15(11)19-13/h1-8H/b13-8-. The average Bonchev–Trinajstić information content (AvgIpc) is 2.72. The molecule has 0 unspecified atom stereocenters. The Morgan fingerprint density at radius 3 is 2.42 bits per heavy atom. The number of Topliss-reactive ketones (excluding diaryl/α,β-unsaturated/α-hetero) is 1. The number of ketones is 1. The Kier molecular flexibility index (Phi) is 3.65. The van der Waals surface area contributed by atoms with E-state index in [0.717, 1.165) is 29.9 Å². The second-order valence-corrected chi connectivity index (χ2v) is 6.93. The number of rotatable bonds is 1. The molecule has 1 aliphatic rings. The van der Waals surface area contributed by atoms with Crippen molar-refractivity contribution in [3.8, 4) is 0 Å². The van der Waals surface area contributed by atoms with Crippen LogP contribution < -0.4 is 0 Å². The van der Waals surface area contributed by atoms with Gasteiger partial charge in [-0.25, -0.2) is 0 Å². The summed E-state index contributed by atoms with van der Waals surface area (Å²) in [6.45, 7) is 0. The van der Waals surface area contributed by atoms with Crippen LogP contribution in [-0.4, -0.2) is 5.78 Å². The van der Waals surface area contributed by atoms with Crippen molar-refractivity contribution in [2.45, 2.75) is 4.90 Å². The predicted octanol–water partition coefficient (Wildman–Crippen LogP) is 5.54. The highest BCUT2D eigenvalue weighted by molar-refractivity contribution is 9.10. The van der Waals surface area contributed by atoms with E-state index in [1.165, 1.54) is 11.8 Å². The van der Waals surface area contributed by atoms with Crippen molar-refractivity contribution >= 4 is 55.5 Å². The van der Waals surface area contributed by atoms with E-state index in [2.05, 4.69) is 31.9 Å².